The predicted molar refractivity (Wildman–Crippen MR) is 147 cm³/mol. The second-order valence-electron chi connectivity index (χ2n) is 7.98. The van der Waals surface area contributed by atoms with Gasteiger partial charge in [0.15, 0.2) is 5.75 Å². The van der Waals surface area contributed by atoms with E-state index >= 15 is 0 Å². The van der Waals surface area contributed by atoms with Crippen LogP contribution < -0.4 is 26.0 Å². The highest BCUT2D eigenvalue weighted by Crippen LogP contribution is 2.36. The molecule has 0 atom stereocenters. The summed E-state index contributed by atoms with van der Waals surface area (Å²) in [5, 5.41) is 10.1. The molecule has 0 unspecified atom stereocenters. The minimum Gasteiger partial charge on any atom is -0.422 e. The number of anilines is 5. The standard InChI is InChI=1S/C26H19Cl2F3N6O3/c27-14-23(38)34-16-5-3-4-15(12-16)33-22-10-11-32-25(37-22)40-21-7-2-1-6-20(21)36-24(39)35-17-8-9-19(28)18(13-17)26(29,30)31/h1-13H,14H2,(H,34,38)(H,32,33,37)(H2,35,36,39). The van der Waals surface area contributed by atoms with E-state index in [0.717, 1.165) is 12.1 Å². The molecule has 4 aromatic rings. The number of ether oxygens (including phenoxy) is 1. The van der Waals surface area contributed by atoms with Crippen LogP contribution in [-0.2, 0) is 11.0 Å². The van der Waals surface area contributed by atoms with E-state index in [1.54, 1.807) is 48.5 Å². The summed E-state index contributed by atoms with van der Waals surface area (Å²) in [5.74, 6) is 0.0177. The predicted octanol–water partition coefficient (Wildman–Crippen LogP) is 7.51. The van der Waals surface area contributed by atoms with E-state index in [1.165, 1.54) is 18.3 Å². The number of hydrogen-bond acceptors (Lipinski definition) is 6. The third-order valence-electron chi connectivity index (χ3n) is 5.04. The van der Waals surface area contributed by atoms with E-state index < -0.39 is 22.8 Å². The summed E-state index contributed by atoms with van der Waals surface area (Å²) in [6.45, 7) is 0. The van der Waals surface area contributed by atoms with Crippen molar-refractivity contribution in [3.05, 3.63) is 89.6 Å². The van der Waals surface area contributed by atoms with Crippen LogP contribution in [0.4, 0.5) is 46.5 Å². The van der Waals surface area contributed by atoms with Gasteiger partial charge in [0.1, 0.15) is 11.7 Å². The lowest BCUT2D eigenvalue weighted by molar-refractivity contribution is -0.137. The van der Waals surface area contributed by atoms with Gasteiger partial charge < -0.3 is 26.0 Å². The van der Waals surface area contributed by atoms with Crippen molar-refractivity contribution < 1.29 is 27.5 Å². The highest BCUT2D eigenvalue weighted by atomic mass is 35.5. The Hall–Kier alpha value is -4.55. The molecule has 4 N–H and O–H groups in total. The van der Waals surface area contributed by atoms with Crippen molar-refractivity contribution in [2.45, 2.75) is 6.18 Å². The van der Waals surface area contributed by atoms with Gasteiger partial charge >= 0.3 is 18.2 Å². The van der Waals surface area contributed by atoms with Gasteiger partial charge in [-0.1, -0.05) is 29.8 Å². The van der Waals surface area contributed by atoms with Crippen LogP contribution >= 0.6 is 23.2 Å². The Kier molecular flexibility index (Phi) is 8.92. The Morgan fingerprint density at radius 2 is 1.62 bits per heavy atom. The topological polar surface area (TPSA) is 117 Å². The van der Waals surface area contributed by atoms with Crippen molar-refractivity contribution in [3.8, 4) is 11.8 Å². The molecule has 1 heterocycles. The number of amides is 3. The molecular formula is C26H19Cl2F3N6O3. The van der Waals surface area contributed by atoms with Gasteiger partial charge in [0, 0.05) is 23.3 Å². The average molecular weight is 591 g/mol. The fraction of sp³-hybridized carbons (Fsp3) is 0.0769. The first-order valence-electron chi connectivity index (χ1n) is 11.4. The minimum atomic E-state index is -4.68. The van der Waals surface area contributed by atoms with Crippen LogP contribution in [0.5, 0.6) is 11.8 Å². The summed E-state index contributed by atoms with van der Waals surface area (Å²) < 4.78 is 45.2. The Bertz CT molecular complexity index is 1540. The lowest BCUT2D eigenvalue weighted by Crippen LogP contribution is -2.20. The summed E-state index contributed by atoms with van der Waals surface area (Å²) in [6, 6.07) is 17.0. The van der Waals surface area contributed by atoms with Crippen LogP contribution in [0.15, 0.2) is 79.0 Å². The van der Waals surface area contributed by atoms with Crippen molar-refractivity contribution in [2.75, 3.05) is 27.1 Å². The zero-order chi connectivity index (χ0) is 28.7. The van der Waals surface area contributed by atoms with Gasteiger partial charge in [-0.15, -0.1) is 11.6 Å². The van der Waals surface area contributed by atoms with Gasteiger partial charge in [-0.2, -0.15) is 18.2 Å². The minimum absolute atomic E-state index is 0.0567. The number of carbonyl (C=O) groups excluding carboxylic acids is 2. The Labute approximate surface area is 235 Å². The first-order valence-corrected chi connectivity index (χ1v) is 12.3. The Morgan fingerprint density at radius 3 is 2.40 bits per heavy atom. The monoisotopic (exact) mass is 590 g/mol. The van der Waals surface area contributed by atoms with Gasteiger partial charge in [0.2, 0.25) is 5.91 Å². The molecule has 0 radical (unpaired) electrons. The van der Waals surface area contributed by atoms with Gasteiger partial charge in [-0.25, -0.2) is 9.78 Å². The van der Waals surface area contributed by atoms with Crippen molar-refractivity contribution >= 4 is 63.7 Å². The number of para-hydroxylation sites is 2. The first-order chi connectivity index (χ1) is 19.1. The molecule has 0 spiro atoms. The average Bonchev–Trinajstić information content (AvgIpc) is 2.90. The first kappa shape index (κ1) is 28.5. The Balaban J connectivity index is 1.45. The Morgan fingerprint density at radius 1 is 0.875 bits per heavy atom. The van der Waals surface area contributed by atoms with Gasteiger partial charge in [-0.3, -0.25) is 4.79 Å². The number of nitrogens with one attached hydrogen (secondary N) is 4. The van der Waals surface area contributed by atoms with Crippen molar-refractivity contribution in [1.29, 1.82) is 0 Å². The van der Waals surface area contributed by atoms with Crippen molar-refractivity contribution in [3.63, 3.8) is 0 Å². The number of halogens is 5. The summed E-state index contributed by atoms with van der Waals surface area (Å²) in [5.41, 5.74) is 0.170. The normalized spacial score (nSPS) is 10.9. The smallest absolute Gasteiger partial charge is 0.417 e. The molecule has 40 heavy (non-hydrogen) atoms. The van der Waals surface area contributed by atoms with E-state index in [2.05, 4.69) is 31.2 Å². The fourth-order valence-electron chi connectivity index (χ4n) is 3.34. The van der Waals surface area contributed by atoms with Crippen molar-refractivity contribution in [2.24, 2.45) is 0 Å². The maximum atomic E-state index is 13.1. The zero-order valence-corrected chi connectivity index (χ0v) is 21.7. The molecule has 0 saturated carbocycles. The van der Waals surface area contributed by atoms with Crippen LogP contribution in [-0.4, -0.2) is 27.8 Å². The zero-order valence-electron chi connectivity index (χ0n) is 20.2. The molecule has 0 bridgehead atoms. The summed E-state index contributed by atoms with van der Waals surface area (Å²) in [7, 11) is 0. The summed E-state index contributed by atoms with van der Waals surface area (Å²) in [4.78, 5) is 32.5. The lowest BCUT2D eigenvalue weighted by Gasteiger charge is -2.14. The number of benzene rings is 3. The number of rotatable bonds is 8. The van der Waals surface area contributed by atoms with Gasteiger partial charge in [-0.05, 0) is 54.6 Å². The van der Waals surface area contributed by atoms with E-state index in [-0.39, 0.29) is 34.9 Å². The number of nitrogens with zero attached hydrogens (tertiary/aromatic N) is 2. The number of hydrogen-bond donors (Lipinski definition) is 4. The molecule has 0 aliphatic carbocycles. The molecule has 0 aliphatic heterocycles. The molecule has 3 aromatic carbocycles. The maximum absolute atomic E-state index is 13.1. The van der Waals surface area contributed by atoms with E-state index in [4.69, 9.17) is 27.9 Å². The number of aromatic nitrogens is 2. The van der Waals surface area contributed by atoms with E-state index in [0.29, 0.717) is 17.2 Å². The number of urea groups is 1. The van der Waals surface area contributed by atoms with Gasteiger partial charge in [0.05, 0.1) is 16.3 Å². The third-order valence-corrected chi connectivity index (χ3v) is 5.61. The SMILES string of the molecule is O=C(CCl)Nc1cccc(Nc2ccnc(Oc3ccccc3NC(=O)Nc3ccc(Cl)c(C(F)(F)F)c3)n2)c1. The van der Waals surface area contributed by atoms with Gasteiger partial charge in [0.25, 0.3) is 0 Å². The van der Waals surface area contributed by atoms with Crippen LogP contribution in [0, 0.1) is 0 Å². The molecule has 3 amide bonds. The quantitative estimate of drug-likeness (QED) is 0.158. The third kappa shape index (κ3) is 7.74. The van der Waals surface area contributed by atoms with Crippen LogP contribution in [0.2, 0.25) is 5.02 Å². The molecule has 0 fully saturated rings. The molecule has 206 valence electrons. The second kappa shape index (κ2) is 12.5. The van der Waals surface area contributed by atoms with E-state index in [1.807, 2.05) is 0 Å². The molecule has 0 saturated heterocycles. The number of carbonyl (C=O) groups is 2. The molecule has 1 aromatic heterocycles. The summed E-state index contributed by atoms with van der Waals surface area (Å²) >= 11 is 11.2. The molecule has 9 nitrogen and oxygen atoms in total. The maximum Gasteiger partial charge on any atom is 0.417 e. The highest BCUT2D eigenvalue weighted by Gasteiger charge is 2.33. The van der Waals surface area contributed by atoms with Crippen LogP contribution in [0.25, 0.3) is 0 Å². The molecule has 0 aliphatic rings. The second-order valence-corrected chi connectivity index (χ2v) is 8.66. The fourth-order valence-corrected chi connectivity index (χ4v) is 3.63. The number of alkyl halides is 4. The summed E-state index contributed by atoms with van der Waals surface area (Å²) in [6.07, 6.45) is -3.23. The van der Waals surface area contributed by atoms with Crippen molar-refractivity contribution in [1.82, 2.24) is 9.97 Å². The molecule has 14 heteroatoms. The molecule has 4 rings (SSSR count). The van der Waals surface area contributed by atoms with Crippen LogP contribution in [0.1, 0.15) is 5.56 Å². The lowest BCUT2D eigenvalue weighted by atomic mass is 10.2. The van der Waals surface area contributed by atoms with Crippen LogP contribution in [0.3, 0.4) is 0 Å². The molecular weight excluding hydrogens is 572 g/mol. The van der Waals surface area contributed by atoms with E-state index in [9.17, 15) is 22.8 Å². The highest BCUT2D eigenvalue weighted by molar-refractivity contribution is 6.31. The largest absolute Gasteiger partial charge is 0.422 e.